The first kappa shape index (κ1) is 45.4. The number of aliphatic imine (C=N–C) groups is 2. The SMILES string of the molecule is Br.Br.Br.Br.Cc1ccc(-c2cc(C)c(N=Cc3ccccn3)c(C)c2)cc1-c1cc(C)c(N=Cc2ccccn2)c(C)c1.[Cu].[Cu]. The van der Waals surface area contributed by atoms with Crippen molar-refractivity contribution in [1.29, 1.82) is 0 Å². The summed E-state index contributed by atoms with van der Waals surface area (Å²) in [7, 11) is 0. The summed E-state index contributed by atoms with van der Waals surface area (Å²) in [5.41, 5.74) is 14.3. The largest absolute Gasteiger partial charge is 0.255 e. The van der Waals surface area contributed by atoms with Gasteiger partial charge in [0.15, 0.2) is 0 Å². The first-order chi connectivity index (χ1) is 18.9. The van der Waals surface area contributed by atoms with Gasteiger partial charge in [0.25, 0.3) is 0 Å². The Morgan fingerprint density at radius 3 is 1.29 bits per heavy atom. The van der Waals surface area contributed by atoms with Crippen molar-refractivity contribution in [2.24, 2.45) is 9.98 Å². The number of hydrogen-bond donors (Lipinski definition) is 0. The van der Waals surface area contributed by atoms with Crippen molar-refractivity contribution >= 4 is 91.7 Å². The van der Waals surface area contributed by atoms with Crippen molar-refractivity contribution in [2.75, 3.05) is 0 Å². The van der Waals surface area contributed by atoms with E-state index in [0.29, 0.717) is 0 Å². The molecule has 0 amide bonds. The Morgan fingerprint density at radius 1 is 0.467 bits per heavy atom. The Kier molecular flexibility index (Phi) is 21.4. The van der Waals surface area contributed by atoms with E-state index in [0.717, 1.165) is 45.0 Å². The predicted octanol–water partition coefficient (Wildman–Crippen LogP) is 11.2. The Labute approximate surface area is 330 Å². The molecule has 5 aromatic rings. The van der Waals surface area contributed by atoms with Gasteiger partial charge in [0.2, 0.25) is 0 Å². The van der Waals surface area contributed by atoms with Gasteiger partial charge in [-0.2, -0.15) is 0 Å². The third-order valence-electron chi connectivity index (χ3n) is 6.89. The van der Waals surface area contributed by atoms with Crippen LogP contribution < -0.4 is 0 Å². The van der Waals surface area contributed by atoms with E-state index in [9.17, 15) is 0 Å². The molecular formula is C35H36Br4Cu2N4. The van der Waals surface area contributed by atoms with E-state index in [-0.39, 0.29) is 102 Å². The number of aromatic nitrogens is 2. The zero-order valence-electron chi connectivity index (χ0n) is 25.3. The van der Waals surface area contributed by atoms with Crippen molar-refractivity contribution in [3.8, 4) is 22.3 Å². The second-order valence-electron chi connectivity index (χ2n) is 9.97. The second kappa shape index (κ2) is 21.2. The van der Waals surface area contributed by atoms with Gasteiger partial charge in [0.1, 0.15) is 0 Å². The summed E-state index contributed by atoms with van der Waals surface area (Å²) in [5.74, 6) is 0. The average molecular weight is 959 g/mol. The molecule has 3 aromatic carbocycles. The Morgan fingerprint density at radius 2 is 0.889 bits per heavy atom. The Balaban J connectivity index is 0. The smallest absolute Gasteiger partial charge is 0.0812 e. The molecule has 0 saturated carbocycles. The van der Waals surface area contributed by atoms with Crippen LogP contribution in [0.4, 0.5) is 11.4 Å². The fraction of sp³-hybridized carbons (Fsp3) is 0.143. The summed E-state index contributed by atoms with van der Waals surface area (Å²) in [6.45, 7) is 10.7. The van der Waals surface area contributed by atoms with E-state index < -0.39 is 0 Å². The van der Waals surface area contributed by atoms with Gasteiger partial charge in [0.05, 0.1) is 35.2 Å². The quantitative estimate of drug-likeness (QED) is 0.126. The van der Waals surface area contributed by atoms with Gasteiger partial charge in [-0.3, -0.25) is 20.0 Å². The molecule has 2 radical (unpaired) electrons. The Hall–Kier alpha value is -1.74. The number of aryl methyl sites for hydroxylation is 5. The molecule has 45 heavy (non-hydrogen) atoms. The van der Waals surface area contributed by atoms with Gasteiger partial charge >= 0.3 is 0 Å². The van der Waals surface area contributed by atoms with E-state index in [1.165, 1.54) is 27.8 Å². The molecule has 10 heteroatoms. The molecule has 0 bridgehead atoms. The van der Waals surface area contributed by atoms with Crippen LogP contribution in [-0.2, 0) is 34.1 Å². The standard InChI is InChI=1S/C35H32N4.4BrH.2Cu/c1-23-12-13-28(29-16-24(2)34(25(3)17-29)38-21-31-10-6-8-14-36-31)20-33(23)30-18-26(4)35(27(5)19-30)39-22-32-11-7-9-15-37-32;;;;;;/h6-22H,1-5H3;4*1H;;. The van der Waals surface area contributed by atoms with E-state index >= 15 is 0 Å². The van der Waals surface area contributed by atoms with Crippen LogP contribution in [0.3, 0.4) is 0 Å². The number of halogens is 4. The average Bonchev–Trinajstić information content (AvgIpc) is 2.93. The predicted molar refractivity (Wildman–Crippen MR) is 205 cm³/mol. The molecule has 0 unspecified atom stereocenters. The van der Waals surface area contributed by atoms with Crippen LogP contribution in [-0.4, -0.2) is 22.4 Å². The fourth-order valence-electron chi connectivity index (χ4n) is 4.92. The summed E-state index contributed by atoms with van der Waals surface area (Å²) in [5, 5.41) is 0. The first-order valence-electron chi connectivity index (χ1n) is 13.1. The summed E-state index contributed by atoms with van der Waals surface area (Å²) in [6, 6.07) is 27.3. The number of nitrogens with zero attached hydrogens (tertiary/aromatic N) is 4. The van der Waals surface area contributed by atoms with Crippen LogP contribution in [0.1, 0.15) is 39.2 Å². The van der Waals surface area contributed by atoms with Gasteiger partial charge in [-0.25, -0.2) is 0 Å². The van der Waals surface area contributed by atoms with Crippen molar-refractivity contribution < 1.29 is 34.1 Å². The summed E-state index contributed by atoms with van der Waals surface area (Å²) in [6.07, 6.45) is 7.22. The molecule has 2 aromatic heterocycles. The molecule has 0 aliphatic rings. The molecular weight excluding hydrogens is 923 g/mol. The number of benzene rings is 3. The van der Waals surface area contributed by atoms with Crippen LogP contribution in [0.2, 0.25) is 0 Å². The first-order valence-corrected chi connectivity index (χ1v) is 13.1. The monoisotopic (exact) mass is 954 g/mol. The van der Waals surface area contributed by atoms with E-state index in [2.05, 4.69) is 87.1 Å². The minimum Gasteiger partial charge on any atom is -0.255 e. The molecule has 0 aliphatic carbocycles. The van der Waals surface area contributed by atoms with Gasteiger partial charge in [0, 0.05) is 46.5 Å². The van der Waals surface area contributed by atoms with Crippen LogP contribution in [0, 0.1) is 34.6 Å². The van der Waals surface area contributed by atoms with Gasteiger partial charge in [-0.15, -0.1) is 67.9 Å². The van der Waals surface area contributed by atoms with Gasteiger partial charge in [-0.05, 0) is 139 Å². The summed E-state index contributed by atoms with van der Waals surface area (Å²) >= 11 is 0. The summed E-state index contributed by atoms with van der Waals surface area (Å²) in [4.78, 5) is 18.2. The summed E-state index contributed by atoms with van der Waals surface area (Å²) < 4.78 is 0. The van der Waals surface area contributed by atoms with E-state index in [1.54, 1.807) is 12.4 Å². The molecule has 0 spiro atoms. The third kappa shape index (κ3) is 11.5. The normalized spacial score (nSPS) is 9.98. The van der Waals surface area contributed by atoms with E-state index in [4.69, 9.17) is 9.98 Å². The molecule has 0 atom stereocenters. The molecule has 0 N–H and O–H groups in total. The maximum absolute atomic E-state index is 4.76. The van der Waals surface area contributed by atoms with Crippen molar-refractivity contribution in [3.05, 3.63) is 130 Å². The number of rotatable bonds is 6. The maximum Gasteiger partial charge on any atom is 0.0812 e. The minimum absolute atomic E-state index is 0. The van der Waals surface area contributed by atoms with Gasteiger partial charge < -0.3 is 0 Å². The van der Waals surface area contributed by atoms with Crippen LogP contribution in [0.15, 0.2) is 101 Å². The molecule has 4 nitrogen and oxygen atoms in total. The van der Waals surface area contributed by atoms with Crippen molar-refractivity contribution in [1.82, 2.24) is 9.97 Å². The van der Waals surface area contributed by atoms with Crippen LogP contribution >= 0.6 is 67.9 Å². The van der Waals surface area contributed by atoms with Gasteiger partial charge in [-0.1, -0.05) is 24.3 Å². The third-order valence-corrected chi connectivity index (χ3v) is 6.89. The topological polar surface area (TPSA) is 50.5 Å². The zero-order valence-corrected chi connectivity index (χ0v) is 34.1. The molecule has 0 fully saturated rings. The Bertz CT molecular complexity index is 1670. The maximum atomic E-state index is 4.76. The molecule has 246 valence electrons. The molecule has 5 rings (SSSR count). The fourth-order valence-corrected chi connectivity index (χ4v) is 4.92. The zero-order chi connectivity index (χ0) is 27.4. The minimum atomic E-state index is 0. The van der Waals surface area contributed by atoms with Crippen LogP contribution in [0.25, 0.3) is 22.3 Å². The number of pyridine rings is 2. The van der Waals surface area contributed by atoms with Crippen molar-refractivity contribution in [2.45, 2.75) is 34.6 Å². The molecule has 0 saturated heterocycles. The number of hydrogen-bond acceptors (Lipinski definition) is 4. The van der Waals surface area contributed by atoms with E-state index in [1.807, 2.05) is 48.8 Å². The van der Waals surface area contributed by atoms with Crippen molar-refractivity contribution in [3.63, 3.8) is 0 Å². The van der Waals surface area contributed by atoms with Crippen LogP contribution in [0.5, 0.6) is 0 Å². The second-order valence-corrected chi connectivity index (χ2v) is 9.97. The molecule has 2 heterocycles. The molecule has 0 aliphatic heterocycles.